The van der Waals surface area contributed by atoms with Crippen LogP contribution in [0.25, 0.3) is 11.3 Å². The van der Waals surface area contributed by atoms with Crippen LogP contribution in [0.5, 0.6) is 5.75 Å². The molecule has 0 aliphatic heterocycles. The van der Waals surface area contributed by atoms with E-state index in [1.165, 1.54) is 0 Å². The van der Waals surface area contributed by atoms with Gasteiger partial charge >= 0.3 is 0 Å². The third kappa shape index (κ3) is 1.96. The quantitative estimate of drug-likeness (QED) is 0.863. The summed E-state index contributed by atoms with van der Waals surface area (Å²) < 4.78 is 5.43. The monoisotopic (exact) mass is 251 g/mol. The number of aromatic amines is 1. The molecule has 0 spiro atoms. The van der Waals surface area contributed by atoms with Gasteiger partial charge in [0, 0.05) is 16.7 Å². The molecule has 4 nitrogen and oxygen atoms in total. The first-order valence-electron chi connectivity index (χ1n) is 5.19. The topological polar surface area (TPSA) is 63.9 Å². The number of ether oxygens (including phenoxy) is 1. The van der Waals surface area contributed by atoms with E-state index >= 15 is 0 Å². The van der Waals surface area contributed by atoms with Crippen molar-refractivity contribution in [1.82, 2.24) is 10.2 Å². The Labute approximate surface area is 105 Å². The van der Waals surface area contributed by atoms with E-state index in [0.29, 0.717) is 10.8 Å². The molecule has 0 atom stereocenters. The number of hydrogen-bond acceptors (Lipinski definition) is 3. The Morgan fingerprint density at radius 1 is 1.35 bits per heavy atom. The Morgan fingerprint density at radius 3 is 2.59 bits per heavy atom. The van der Waals surface area contributed by atoms with Crippen molar-refractivity contribution in [2.45, 2.75) is 13.8 Å². The summed E-state index contributed by atoms with van der Waals surface area (Å²) in [7, 11) is 1.64. The molecule has 3 N–H and O–H groups in total. The second-order valence-corrected chi connectivity index (χ2v) is 4.32. The standard InChI is InChI=1S/C12H14ClN3O/c1-6-4-8(13)7(2)11(12(6)17-3)9-5-10(14)16-15-9/h4-5H,1-3H3,(H3,14,15,16). The Bertz CT molecular complexity index is 563. The summed E-state index contributed by atoms with van der Waals surface area (Å²) in [5.74, 6) is 1.23. The van der Waals surface area contributed by atoms with Gasteiger partial charge < -0.3 is 10.5 Å². The number of benzene rings is 1. The average Bonchev–Trinajstić information content (AvgIpc) is 2.69. The van der Waals surface area contributed by atoms with Gasteiger partial charge in [0.25, 0.3) is 0 Å². The molecule has 0 aliphatic carbocycles. The van der Waals surface area contributed by atoms with Crippen LogP contribution in [0.3, 0.4) is 0 Å². The van der Waals surface area contributed by atoms with Gasteiger partial charge in [0.1, 0.15) is 11.6 Å². The highest BCUT2D eigenvalue weighted by Gasteiger charge is 2.16. The fraction of sp³-hybridized carbons (Fsp3) is 0.250. The molecule has 0 saturated carbocycles. The molecule has 1 aromatic carbocycles. The van der Waals surface area contributed by atoms with Crippen molar-refractivity contribution >= 4 is 17.4 Å². The summed E-state index contributed by atoms with van der Waals surface area (Å²) in [6.07, 6.45) is 0. The second-order valence-electron chi connectivity index (χ2n) is 3.92. The highest BCUT2D eigenvalue weighted by Crippen LogP contribution is 2.38. The van der Waals surface area contributed by atoms with E-state index < -0.39 is 0 Å². The first-order valence-corrected chi connectivity index (χ1v) is 5.57. The van der Waals surface area contributed by atoms with Gasteiger partial charge in [-0.05, 0) is 31.0 Å². The van der Waals surface area contributed by atoms with Crippen molar-refractivity contribution in [3.8, 4) is 17.0 Å². The third-order valence-corrected chi connectivity index (χ3v) is 3.13. The second kappa shape index (κ2) is 4.30. The minimum atomic E-state index is 0.444. The maximum absolute atomic E-state index is 6.18. The number of hydrogen-bond donors (Lipinski definition) is 2. The average molecular weight is 252 g/mol. The maximum Gasteiger partial charge on any atom is 0.145 e. The number of nitrogen functional groups attached to an aromatic ring is 1. The van der Waals surface area contributed by atoms with Crippen molar-refractivity contribution in [1.29, 1.82) is 0 Å². The molecule has 0 aliphatic rings. The summed E-state index contributed by atoms with van der Waals surface area (Å²) in [5.41, 5.74) is 9.25. The fourth-order valence-electron chi connectivity index (χ4n) is 1.90. The lowest BCUT2D eigenvalue weighted by molar-refractivity contribution is 0.413. The number of aromatic nitrogens is 2. The maximum atomic E-state index is 6.18. The van der Waals surface area contributed by atoms with E-state index in [9.17, 15) is 0 Å². The zero-order chi connectivity index (χ0) is 12.6. The van der Waals surface area contributed by atoms with Crippen molar-refractivity contribution in [2.75, 3.05) is 12.8 Å². The lowest BCUT2D eigenvalue weighted by Crippen LogP contribution is -1.95. The Balaban J connectivity index is 2.74. The van der Waals surface area contributed by atoms with Crippen molar-refractivity contribution in [2.24, 2.45) is 0 Å². The number of anilines is 1. The summed E-state index contributed by atoms with van der Waals surface area (Å²) in [5, 5.41) is 7.50. The summed E-state index contributed by atoms with van der Waals surface area (Å²) >= 11 is 6.18. The molecular weight excluding hydrogens is 238 g/mol. The van der Waals surface area contributed by atoms with Crippen LogP contribution >= 0.6 is 11.6 Å². The molecule has 1 aromatic heterocycles. The SMILES string of the molecule is COc1c(C)cc(Cl)c(C)c1-c1cc(N)n[nH]1. The number of aryl methyl sites for hydroxylation is 1. The van der Waals surface area contributed by atoms with Crippen LogP contribution < -0.4 is 10.5 Å². The summed E-state index contributed by atoms with van der Waals surface area (Å²) in [6, 6.07) is 3.65. The van der Waals surface area contributed by atoms with Gasteiger partial charge in [-0.2, -0.15) is 5.10 Å². The number of nitrogens with zero attached hydrogens (tertiary/aromatic N) is 1. The number of rotatable bonds is 2. The number of halogens is 1. The van der Waals surface area contributed by atoms with Crippen LogP contribution in [0.2, 0.25) is 5.02 Å². The van der Waals surface area contributed by atoms with E-state index in [2.05, 4.69) is 10.2 Å². The van der Waals surface area contributed by atoms with Crippen LogP contribution in [0.15, 0.2) is 12.1 Å². The largest absolute Gasteiger partial charge is 0.496 e. The molecule has 17 heavy (non-hydrogen) atoms. The summed E-state index contributed by atoms with van der Waals surface area (Å²) in [6.45, 7) is 3.89. The minimum absolute atomic E-state index is 0.444. The first kappa shape index (κ1) is 11.8. The smallest absolute Gasteiger partial charge is 0.145 e. The molecule has 0 unspecified atom stereocenters. The molecule has 0 amide bonds. The number of nitrogens with one attached hydrogen (secondary N) is 1. The lowest BCUT2D eigenvalue weighted by atomic mass is 10.0. The minimum Gasteiger partial charge on any atom is -0.496 e. The van der Waals surface area contributed by atoms with E-state index in [4.69, 9.17) is 22.1 Å². The fourth-order valence-corrected chi connectivity index (χ4v) is 2.16. The Hall–Kier alpha value is -1.68. The van der Waals surface area contributed by atoms with E-state index in [-0.39, 0.29) is 0 Å². The molecule has 5 heteroatoms. The number of methoxy groups -OCH3 is 1. The van der Waals surface area contributed by atoms with Crippen LogP contribution in [-0.2, 0) is 0 Å². The van der Waals surface area contributed by atoms with Gasteiger partial charge in [-0.1, -0.05) is 11.6 Å². The van der Waals surface area contributed by atoms with Crippen molar-refractivity contribution in [3.63, 3.8) is 0 Å². The van der Waals surface area contributed by atoms with Crippen LogP contribution in [-0.4, -0.2) is 17.3 Å². The molecule has 1 heterocycles. The molecule has 0 bridgehead atoms. The zero-order valence-corrected chi connectivity index (χ0v) is 10.7. The molecule has 0 saturated heterocycles. The van der Waals surface area contributed by atoms with Gasteiger partial charge in [0.05, 0.1) is 12.8 Å². The highest BCUT2D eigenvalue weighted by molar-refractivity contribution is 6.32. The van der Waals surface area contributed by atoms with Gasteiger partial charge in [0.2, 0.25) is 0 Å². The predicted molar refractivity (Wildman–Crippen MR) is 69.5 cm³/mol. The molecule has 2 rings (SSSR count). The van der Waals surface area contributed by atoms with Gasteiger partial charge in [0.15, 0.2) is 0 Å². The third-order valence-electron chi connectivity index (χ3n) is 2.73. The lowest BCUT2D eigenvalue weighted by Gasteiger charge is -2.14. The van der Waals surface area contributed by atoms with Gasteiger partial charge in [-0.15, -0.1) is 0 Å². The van der Waals surface area contributed by atoms with E-state index in [0.717, 1.165) is 28.1 Å². The predicted octanol–water partition coefficient (Wildman–Crippen LogP) is 2.94. The Kier molecular flexibility index (Phi) is 2.98. The van der Waals surface area contributed by atoms with Crippen LogP contribution in [0.1, 0.15) is 11.1 Å². The Morgan fingerprint density at radius 2 is 2.06 bits per heavy atom. The van der Waals surface area contributed by atoms with E-state index in [1.807, 2.05) is 19.9 Å². The highest BCUT2D eigenvalue weighted by atomic mass is 35.5. The van der Waals surface area contributed by atoms with Crippen molar-refractivity contribution < 1.29 is 4.74 Å². The van der Waals surface area contributed by atoms with Crippen LogP contribution in [0.4, 0.5) is 5.82 Å². The van der Waals surface area contributed by atoms with Gasteiger partial charge in [-0.3, -0.25) is 5.10 Å². The normalized spacial score (nSPS) is 10.6. The molecule has 0 fully saturated rings. The molecule has 90 valence electrons. The molecule has 2 aromatic rings. The van der Waals surface area contributed by atoms with E-state index in [1.54, 1.807) is 13.2 Å². The van der Waals surface area contributed by atoms with Crippen molar-refractivity contribution in [3.05, 3.63) is 28.3 Å². The summed E-state index contributed by atoms with van der Waals surface area (Å²) in [4.78, 5) is 0. The number of H-pyrrole nitrogens is 1. The van der Waals surface area contributed by atoms with Gasteiger partial charge in [-0.25, -0.2) is 0 Å². The molecule has 0 radical (unpaired) electrons. The molecular formula is C12H14ClN3O. The zero-order valence-electron chi connectivity index (χ0n) is 9.97. The van der Waals surface area contributed by atoms with Crippen LogP contribution in [0, 0.1) is 13.8 Å². The number of nitrogens with two attached hydrogens (primary N) is 1. The first-order chi connectivity index (χ1) is 8.04.